The Kier molecular flexibility index (Phi) is 4.32. The van der Waals surface area contributed by atoms with E-state index in [1.807, 2.05) is 0 Å². The molecule has 2 atom stereocenters. The number of nitrogen functional groups attached to an aromatic ring is 1. The lowest BCUT2D eigenvalue weighted by atomic mass is 9.87. The number of rotatable bonds is 3. The molecule has 0 bridgehead atoms. The molecule has 1 aromatic rings. The molecule has 2 N–H and O–H groups in total. The van der Waals surface area contributed by atoms with Crippen molar-refractivity contribution in [2.45, 2.75) is 49.2 Å². The molecule has 2 rings (SSSR count). The number of halogens is 1. The van der Waals surface area contributed by atoms with Crippen LogP contribution in [0.2, 0.25) is 0 Å². The van der Waals surface area contributed by atoms with Crippen molar-refractivity contribution in [2.75, 3.05) is 5.73 Å². The van der Waals surface area contributed by atoms with E-state index >= 15 is 0 Å². The van der Waals surface area contributed by atoms with Gasteiger partial charge in [0, 0.05) is 15.8 Å². The molecule has 94 valence electrons. The van der Waals surface area contributed by atoms with E-state index in [9.17, 15) is 4.39 Å². The van der Waals surface area contributed by atoms with Crippen molar-refractivity contribution in [1.29, 1.82) is 0 Å². The Labute approximate surface area is 107 Å². The van der Waals surface area contributed by atoms with Crippen molar-refractivity contribution in [3.05, 3.63) is 24.0 Å². The topological polar surface area (TPSA) is 26.0 Å². The molecule has 0 spiro atoms. The predicted octanol–water partition coefficient (Wildman–Crippen LogP) is 4.47. The molecule has 17 heavy (non-hydrogen) atoms. The van der Waals surface area contributed by atoms with Crippen LogP contribution in [0, 0.1) is 11.7 Å². The summed E-state index contributed by atoms with van der Waals surface area (Å²) in [5, 5.41) is 0.609. The van der Waals surface area contributed by atoms with Gasteiger partial charge >= 0.3 is 0 Å². The molecule has 0 saturated heterocycles. The highest BCUT2D eigenvalue weighted by Crippen LogP contribution is 2.40. The number of hydrogen-bond acceptors (Lipinski definition) is 2. The second kappa shape index (κ2) is 5.76. The van der Waals surface area contributed by atoms with Crippen LogP contribution >= 0.6 is 11.8 Å². The lowest BCUT2D eigenvalue weighted by molar-refractivity contribution is 0.361. The van der Waals surface area contributed by atoms with Crippen LogP contribution in [0.4, 0.5) is 10.1 Å². The zero-order chi connectivity index (χ0) is 12.3. The summed E-state index contributed by atoms with van der Waals surface area (Å²) in [4.78, 5) is 0.912. The van der Waals surface area contributed by atoms with Gasteiger partial charge in [0.1, 0.15) is 5.82 Å². The van der Waals surface area contributed by atoms with Crippen molar-refractivity contribution in [1.82, 2.24) is 0 Å². The summed E-state index contributed by atoms with van der Waals surface area (Å²) in [5.41, 5.74) is 6.61. The molecule has 3 heteroatoms. The van der Waals surface area contributed by atoms with E-state index in [0.717, 1.165) is 10.8 Å². The van der Waals surface area contributed by atoms with Gasteiger partial charge in [-0.3, -0.25) is 0 Å². The Morgan fingerprint density at radius 2 is 2.12 bits per heavy atom. The van der Waals surface area contributed by atoms with E-state index in [4.69, 9.17) is 5.73 Å². The summed E-state index contributed by atoms with van der Waals surface area (Å²) in [6, 6.07) is 4.67. The standard InChI is InChI=1S/C14H20FNS/c1-2-10-5-3-4-6-13(10)17-14-9-11(15)7-8-12(14)16/h7-10,13H,2-6,16H2,1H3. The van der Waals surface area contributed by atoms with E-state index in [1.54, 1.807) is 23.9 Å². The number of nitrogens with two attached hydrogens (primary N) is 1. The summed E-state index contributed by atoms with van der Waals surface area (Å²) < 4.78 is 13.2. The van der Waals surface area contributed by atoms with Crippen LogP contribution in [0.3, 0.4) is 0 Å². The smallest absolute Gasteiger partial charge is 0.124 e. The number of anilines is 1. The number of benzene rings is 1. The average molecular weight is 253 g/mol. The van der Waals surface area contributed by atoms with Crippen LogP contribution in [0.25, 0.3) is 0 Å². The van der Waals surface area contributed by atoms with E-state index in [0.29, 0.717) is 10.9 Å². The van der Waals surface area contributed by atoms with E-state index in [2.05, 4.69) is 6.92 Å². The summed E-state index contributed by atoms with van der Waals surface area (Å²) >= 11 is 1.77. The Hall–Kier alpha value is -0.700. The summed E-state index contributed by atoms with van der Waals surface area (Å²) in [6.45, 7) is 2.25. The molecule has 1 aliphatic carbocycles. The first kappa shape index (κ1) is 12.7. The number of hydrogen-bond donors (Lipinski definition) is 1. The van der Waals surface area contributed by atoms with Crippen LogP contribution in [0.5, 0.6) is 0 Å². The fourth-order valence-electron chi connectivity index (χ4n) is 2.57. The molecule has 0 aromatic heterocycles. The van der Waals surface area contributed by atoms with Gasteiger partial charge in [-0.2, -0.15) is 0 Å². The summed E-state index contributed by atoms with van der Waals surface area (Å²) in [6.07, 6.45) is 6.40. The van der Waals surface area contributed by atoms with Gasteiger partial charge in [0.15, 0.2) is 0 Å². The van der Waals surface area contributed by atoms with E-state index in [-0.39, 0.29) is 5.82 Å². The molecule has 1 aliphatic rings. The maximum Gasteiger partial charge on any atom is 0.124 e. The second-order valence-corrected chi connectivity index (χ2v) is 6.07. The maximum absolute atomic E-state index is 13.2. The van der Waals surface area contributed by atoms with Crippen LogP contribution in [-0.4, -0.2) is 5.25 Å². The highest BCUT2D eigenvalue weighted by Gasteiger charge is 2.25. The van der Waals surface area contributed by atoms with E-state index < -0.39 is 0 Å². The van der Waals surface area contributed by atoms with Crippen molar-refractivity contribution in [3.63, 3.8) is 0 Å². The van der Waals surface area contributed by atoms with Crippen molar-refractivity contribution < 1.29 is 4.39 Å². The van der Waals surface area contributed by atoms with E-state index in [1.165, 1.54) is 38.2 Å². The first-order valence-corrected chi connectivity index (χ1v) is 7.30. The van der Waals surface area contributed by atoms with Crippen LogP contribution in [-0.2, 0) is 0 Å². The van der Waals surface area contributed by atoms with Gasteiger partial charge in [0.25, 0.3) is 0 Å². The highest BCUT2D eigenvalue weighted by molar-refractivity contribution is 8.00. The third kappa shape index (κ3) is 3.15. The number of thioether (sulfide) groups is 1. The molecular weight excluding hydrogens is 233 g/mol. The largest absolute Gasteiger partial charge is 0.398 e. The monoisotopic (exact) mass is 253 g/mol. The molecule has 0 amide bonds. The van der Waals surface area contributed by atoms with Crippen LogP contribution in [0.1, 0.15) is 39.0 Å². The van der Waals surface area contributed by atoms with Crippen molar-refractivity contribution in [2.24, 2.45) is 5.92 Å². The molecule has 2 unspecified atom stereocenters. The lowest BCUT2D eigenvalue weighted by Gasteiger charge is -2.30. The Bertz CT molecular complexity index is 380. The maximum atomic E-state index is 13.2. The Morgan fingerprint density at radius 1 is 1.35 bits per heavy atom. The second-order valence-electron chi connectivity index (χ2n) is 4.79. The normalized spacial score (nSPS) is 24.8. The minimum atomic E-state index is -0.189. The van der Waals surface area contributed by atoms with Crippen LogP contribution in [0.15, 0.2) is 23.1 Å². The average Bonchev–Trinajstić information content (AvgIpc) is 2.34. The van der Waals surface area contributed by atoms with Crippen LogP contribution < -0.4 is 5.73 Å². The highest BCUT2D eigenvalue weighted by atomic mass is 32.2. The molecular formula is C14H20FNS. The van der Waals surface area contributed by atoms with Gasteiger partial charge in [-0.05, 0) is 37.0 Å². The van der Waals surface area contributed by atoms with Gasteiger partial charge in [0.2, 0.25) is 0 Å². The van der Waals surface area contributed by atoms with Gasteiger partial charge in [0.05, 0.1) is 0 Å². The van der Waals surface area contributed by atoms with Crippen molar-refractivity contribution in [3.8, 4) is 0 Å². The fraction of sp³-hybridized carbons (Fsp3) is 0.571. The third-order valence-corrected chi connectivity index (χ3v) is 5.15. The minimum absolute atomic E-state index is 0.189. The minimum Gasteiger partial charge on any atom is -0.398 e. The SMILES string of the molecule is CCC1CCCCC1Sc1cc(F)ccc1N. The molecule has 0 aliphatic heterocycles. The first-order chi connectivity index (χ1) is 8.20. The summed E-state index contributed by atoms with van der Waals surface area (Å²) in [5.74, 6) is 0.571. The molecule has 0 radical (unpaired) electrons. The van der Waals surface area contributed by atoms with Gasteiger partial charge in [-0.15, -0.1) is 11.8 Å². The molecule has 1 saturated carbocycles. The Morgan fingerprint density at radius 3 is 2.88 bits per heavy atom. The molecule has 1 aromatic carbocycles. The van der Waals surface area contributed by atoms with Gasteiger partial charge in [-0.25, -0.2) is 4.39 Å². The predicted molar refractivity (Wildman–Crippen MR) is 72.7 cm³/mol. The zero-order valence-electron chi connectivity index (χ0n) is 10.3. The summed E-state index contributed by atoms with van der Waals surface area (Å²) in [7, 11) is 0. The Balaban J connectivity index is 2.10. The third-order valence-electron chi connectivity index (χ3n) is 3.62. The van der Waals surface area contributed by atoms with Gasteiger partial charge < -0.3 is 5.73 Å². The van der Waals surface area contributed by atoms with Gasteiger partial charge in [-0.1, -0.05) is 26.2 Å². The zero-order valence-corrected chi connectivity index (χ0v) is 11.1. The lowest BCUT2D eigenvalue weighted by Crippen LogP contribution is -2.21. The molecule has 0 heterocycles. The quantitative estimate of drug-likeness (QED) is 0.804. The molecule has 1 nitrogen and oxygen atoms in total. The fourth-order valence-corrected chi connectivity index (χ4v) is 4.09. The molecule has 1 fully saturated rings. The van der Waals surface area contributed by atoms with Crippen molar-refractivity contribution >= 4 is 17.4 Å². The first-order valence-electron chi connectivity index (χ1n) is 6.42.